The number of nitrogens with zero attached hydrogens (tertiary/aromatic N) is 1. The summed E-state index contributed by atoms with van der Waals surface area (Å²) in [6.45, 7) is 0. The summed E-state index contributed by atoms with van der Waals surface area (Å²) in [4.78, 5) is 11.9. The summed E-state index contributed by atoms with van der Waals surface area (Å²) in [5, 5.41) is 16.0. The molecule has 0 bridgehead atoms. The lowest BCUT2D eigenvalue weighted by Gasteiger charge is -2.03. The Morgan fingerprint density at radius 2 is 2.05 bits per heavy atom. The van der Waals surface area contributed by atoms with Gasteiger partial charge in [-0.05, 0) is 52.7 Å². The van der Waals surface area contributed by atoms with Crippen LogP contribution >= 0.6 is 22.9 Å². The molecule has 19 heavy (non-hydrogen) atoms. The smallest absolute Gasteiger partial charge is 0.266 e. The van der Waals surface area contributed by atoms with E-state index in [4.69, 9.17) is 16.9 Å². The third-order valence-corrected chi connectivity index (χ3v) is 3.27. The second kappa shape index (κ2) is 6.19. The van der Waals surface area contributed by atoms with Crippen molar-refractivity contribution in [2.75, 3.05) is 5.32 Å². The van der Waals surface area contributed by atoms with E-state index in [0.29, 0.717) is 10.7 Å². The van der Waals surface area contributed by atoms with Crippen LogP contribution in [0.4, 0.5) is 5.69 Å². The van der Waals surface area contributed by atoms with E-state index in [-0.39, 0.29) is 5.57 Å². The molecule has 2 rings (SSSR count). The molecule has 0 radical (unpaired) electrons. The molecule has 5 heteroatoms. The first-order valence-electron chi connectivity index (χ1n) is 5.40. The largest absolute Gasteiger partial charge is 0.321 e. The van der Waals surface area contributed by atoms with Crippen LogP contribution in [0.1, 0.15) is 5.56 Å². The van der Waals surface area contributed by atoms with Gasteiger partial charge in [-0.15, -0.1) is 0 Å². The highest BCUT2D eigenvalue weighted by Crippen LogP contribution is 2.15. The summed E-state index contributed by atoms with van der Waals surface area (Å²) in [5.41, 5.74) is 1.50. The first-order chi connectivity index (χ1) is 9.19. The van der Waals surface area contributed by atoms with Crippen molar-refractivity contribution in [3.8, 4) is 6.07 Å². The molecule has 1 aromatic heterocycles. The van der Waals surface area contributed by atoms with Gasteiger partial charge in [-0.3, -0.25) is 4.79 Å². The number of benzene rings is 1. The van der Waals surface area contributed by atoms with Crippen LogP contribution in [0, 0.1) is 11.3 Å². The minimum atomic E-state index is -0.434. The van der Waals surface area contributed by atoms with Gasteiger partial charge < -0.3 is 5.32 Å². The molecule has 0 atom stereocenters. The van der Waals surface area contributed by atoms with E-state index < -0.39 is 5.91 Å². The van der Waals surface area contributed by atoms with Crippen molar-refractivity contribution < 1.29 is 4.79 Å². The quantitative estimate of drug-likeness (QED) is 0.687. The number of carbonyl (C=O) groups is 1. The number of hydrogen-bond acceptors (Lipinski definition) is 3. The number of halogens is 1. The first kappa shape index (κ1) is 13.3. The van der Waals surface area contributed by atoms with Crippen LogP contribution in [0.3, 0.4) is 0 Å². The monoisotopic (exact) mass is 288 g/mol. The zero-order chi connectivity index (χ0) is 13.7. The molecule has 1 heterocycles. The van der Waals surface area contributed by atoms with Gasteiger partial charge in [0, 0.05) is 10.7 Å². The Labute approximate surface area is 119 Å². The maximum atomic E-state index is 11.9. The van der Waals surface area contributed by atoms with Gasteiger partial charge in [0.2, 0.25) is 0 Å². The van der Waals surface area contributed by atoms with Gasteiger partial charge in [0.25, 0.3) is 5.91 Å². The van der Waals surface area contributed by atoms with Crippen molar-refractivity contribution in [1.82, 2.24) is 0 Å². The molecule has 0 spiro atoms. The Morgan fingerprint density at radius 1 is 1.32 bits per heavy atom. The maximum Gasteiger partial charge on any atom is 0.266 e. The number of rotatable bonds is 3. The average Bonchev–Trinajstić information content (AvgIpc) is 2.91. The van der Waals surface area contributed by atoms with Gasteiger partial charge in [0.05, 0.1) is 0 Å². The summed E-state index contributed by atoms with van der Waals surface area (Å²) in [6, 6.07) is 10.4. The molecule has 0 saturated carbocycles. The number of nitriles is 1. The van der Waals surface area contributed by atoms with Gasteiger partial charge in [-0.1, -0.05) is 11.6 Å². The summed E-state index contributed by atoms with van der Waals surface area (Å²) in [7, 11) is 0. The van der Waals surface area contributed by atoms with Crippen molar-refractivity contribution in [3.05, 3.63) is 57.3 Å². The van der Waals surface area contributed by atoms with Crippen LogP contribution in [0.2, 0.25) is 5.02 Å². The van der Waals surface area contributed by atoms with Gasteiger partial charge >= 0.3 is 0 Å². The lowest BCUT2D eigenvalue weighted by molar-refractivity contribution is -0.112. The summed E-state index contributed by atoms with van der Waals surface area (Å²) < 4.78 is 0. The lowest BCUT2D eigenvalue weighted by Crippen LogP contribution is -2.13. The van der Waals surface area contributed by atoms with E-state index in [1.165, 1.54) is 11.3 Å². The summed E-state index contributed by atoms with van der Waals surface area (Å²) in [6.07, 6.45) is 1.56. The van der Waals surface area contributed by atoms with Crippen LogP contribution in [-0.2, 0) is 4.79 Å². The molecule has 0 aliphatic rings. The molecule has 0 fully saturated rings. The minimum Gasteiger partial charge on any atom is -0.321 e. The van der Waals surface area contributed by atoms with Crippen LogP contribution in [0.15, 0.2) is 46.7 Å². The van der Waals surface area contributed by atoms with E-state index in [2.05, 4.69) is 5.32 Å². The highest BCUT2D eigenvalue weighted by atomic mass is 35.5. The van der Waals surface area contributed by atoms with Crippen molar-refractivity contribution in [2.45, 2.75) is 0 Å². The predicted molar refractivity (Wildman–Crippen MR) is 78.0 cm³/mol. The van der Waals surface area contributed by atoms with Gasteiger partial charge in [0.1, 0.15) is 11.6 Å². The highest BCUT2D eigenvalue weighted by molar-refractivity contribution is 7.08. The van der Waals surface area contributed by atoms with E-state index >= 15 is 0 Å². The van der Waals surface area contributed by atoms with Crippen molar-refractivity contribution >= 4 is 40.6 Å². The Hall–Kier alpha value is -2.09. The number of thiophene rings is 1. The minimum absolute atomic E-state index is 0.0633. The standard InChI is InChI=1S/C14H9ClN2OS/c15-12-1-3-13(4-2-12)17-14(18)11(8-16)7-10-5-6-19-9-10/h1-7,9H,(H,17,18)/b11-7+. The third kappa shape index (κ3) is 3.68. The second-order valence-electron chi connectivity index (χ2n) is 3.69. The van der Waals surface area contributed by atoms with Gasteiger partial charge in [0.15, 0.2) is 0 Å². The molecule has 0 saturated heterocycles. The Kier molecular flexibility index (Phi) is 4.35. The highest BCUT2D eigenvalue weighted by Gasteiger charge is 2.09. The number of hydrogen-bond donors (Lipinski definition) is 1. The van der Waals surface area contributed by atoms with Crippen LogP contribution in [0.25, 0.3) is 6.08 Å². The SMILES string of the molecule is N#C/C(=C\c1ccsc1)C(=O)Nc1ccc(Cl)cc1. The topological polar surface area (TPSA) is 52.9 Å². The molecular formula is C14H9ClN2OS. The number of anilines is 1. The number of amides is 1. The second-order valence-corrected chi connectivity index (χ2v) is 4.90. The Balaban J connectivity index is 2.14. The zero-order valence-corrected chi connectivity index (χ0v) is 11.3. The van der Waals surface area contributed by atoms with Crippen molar-refractivity contribution in [2.24, 2.45) is 0 Å². The Morgan fingerprint density at radius 3 is 2.63 bits per heavy atom. The fourth-order valence-electron chi connectivity index (χ4n) is 1.40. The van der Waals surface area contributed by atoms with Gasteiger partial charge in [-0.25, -0.2) is 0 Å². The molecular weight excluding hydrogens is 280 g/mol. The molecule has 0 unspecified atom stereocenters. The molecule has 1 aromatic carbocycles. The fraction of sp³-hybridized carbons (Fsp3) is 0. The van der Waals surface area contributed by atoms with Crippen molar-refractivity contribution in [3.63, 3.8) is 0 Å². The number of carbonyl (C=O) groups excluding carboxylic acids is 1. The Bertz CT molecular complexity index is 639. The third-order valence-electron chi connectivity index (χ3n) is 2.32. The van der Waals surface area contributed by atoms with Crippen molar-refractivity contribution in [1.29, 1.82) is 5.26 Å². The molecule has 3 nitrogen and oxygen atoms in total. The maximum absolute atomic E-state index is 11.9. The van der Waals surface area contributed by atoms with E-state index in [9.17, 15) is 4.79 Å². The molecule has 94 valence electrons. The lowest BCUT2D eigenvalue weighted by atomic mass is 10.2. The molecule has 0 aliphatic carbocycles. The van der Waals surface area contributed by atoms with E-state index in [0.717, 1.165) is 5.56 Å². The summed E-state index contributed by atoms with van der Waals surface area (Å²) in [5.74, 6) is -0.434. The van der Waals surface area contributed by atoms with Crippen LogP contribution in [-0.4, -0.2) is 5.91 Å². The van der Waals surface area contributed by atoms with Crippen LogP contribution in [0.5, 0.6) is 0 Å². The number of nitrogens with one attached hydrogen (secondary N) is 1. The zero-order valence-electron chi connectivity index (χ0n) is 9.76. The molecule has 1 amide bonds. The molecule has 1 N–H and O–H groups in total. The summed E-state index contributed by atoms with van der Waals surface area (Å²) >= 11 is 7.27. The van der Waals surface area contributed by atoms with Gasteiger partial charge in [-0.2, -0.15) is 16.6 Å². The molecule has 0 aliphatic heterocycles. The van der Waals surface area contributed by atoms with E-state index in [1.807, 2.05) is 22.9 Å². The first-order valence-corrected chi connectivity index (χ1v) is 6.72. The normalized spacial score (nSPS) is 10.8. The predicted octanol–water partition coefficient (Wildman–Crippen LogP) is 3.95. The average molecular weight is 289 g/mol. The van der Waals surface area contributed by atoms with Crippen LogP contribution < -0.4 is 5.32 Å². The fourth-order valence-corrected chi connectivity index (χ4v) is 2.15. The molecule has 2 aromatic rings. The van der Waals surface area contributed by atoms with E-state index in [1.54, 1.807) is 30.3 Å².